The van der Waals surface area contributed by atoms with E-state index in [1.165, 1.54) is 27.1 Å². The van der Waals surface area contributed by atoms with Crippen LogP contribution in [0.1, 0.15) is 18.0 Å². The average molecular weight is 314 g/mol. The summed E-state index contributed by atoms with van der Waals surface area (Å²) in [4.78, 5) is 0. The first kappa shape index (κ1) is 12.6. The fraction of sp³-hybridized carbons (Fsp3) is 0.176. The third kappa shape index (κ3) is 2.38. The highest BCUT2D eigenvalue weighted by atomic mass is 79.9. The molecule has 0 bridgehead atoms. The van der Waals surface area contributed by atoms with Crippen LogP contribution in [-0.4, -0.2) is 5.33 Å². The van der Waals surface area contributed by atoms with E-state index in [1.807, 2.05) is 0 Å². The Kier molecular flexibility index (Phi) is 3.54. The van der Waals surface area contributed by atoms with Crippen molar-refractivity contribution in [3.8, 4) is 0 Å². The molecule has 0 amide bonds. The molecule has 0 fully saturated rings. The molecule has 0 saturated heterocycles. The van der Waals surface area contributed by atoms with Crippen LogP contribution in [0, 0.1) is 0 Å². The summed E-state index contributed by atoms with van der Waals surface area (Å²) in [6, 6.07) is 19.5. The molecule has 0 spiro atoms. The third-order valence-corrected chi connectivity index (χ3v) is 4.06. The van der Waals surface area contributed by atoms with E-state index < -0.39 is 0 Å². The van der Waals surface area contributed by atoms with Gasteiger partial charge in [0.25, 0.3) is 0 Å². The number of rotatable bonds is 3. The molecule has 0 aromatic heterocycles. The molecular formula is C17H16BrN. The van der Waals surface area contributed by atoms with Gasteiger partial charge in [0.2, 0.25) is 0 Å². The van der Waals surface area contributed by atoms with Gasteiger partial charge in [-0.05, 0) is 45.7 Å². The lowest BCUT2D eigenvalue weighted by atomic mass is 9.95. The fourth-order valence-electron chi connectivity index (χ4n) is 2.59. The summed E-state index contributed by atoms with van der Waals surface area (Å²) in [6.45, 7) is 0. The number of nitrogens with two attached hydrogens (primary N) is 1. The molecule has 3 aromatic carbocycles. The van der Waals surface area contributed by atoms with Crippen molar-refractivity contribution in [3.05, 3.63) is 60.2 Å². The van der Waals surface area contributed by atoms with Crippen LogP contribution in [-0.2, 0) is 0 Å². The summed E-state index contributed by atoms with van der Waals surface area (Å²) < 4.78 is 0. The molecule has 1 atom stereocenters. The molecular weight excluding hydrogens is 298 g/mol. The molecule has 0 aliphatic rings. The number of benzene rings is 3. The summed E-state index contributed by atoms with van der Waals surface area (Å²) >= 11 is 3.47. The van der Waals surface area contributed by atoms with Crippen LogP contribution in [0.4, 0.5) is 0 Å². The normalized spacial score (nSPS) is 12.9. The smallest absolute Gasteiger partial charge is 0.0309 e. The van der Waals surface area contributed by atoms with E-state index in [9.17, 15) is 0 Å². The van der Waals surface area contributed by atoms with Gasteiger partial charge in [-0.3, -0.25) is 0 Å². The monoisotopic (exact) mass is 313 g/mol. The van der Waals surface area contributed by atoms with Crippen molar-refractivity contribution < 1.29 is 0 Å². The molecule has 19 heavy (non-hydrogen) atoms. The van der Waals surface area contributed by atoms with Crippen molar-refractivity contribution in [2.75, 3.05) is 5.33 Å². The van der Waals surface area contributed by atoms with Crippen molar-refractivity contribution in [2.45, 2.75) is 12.5 Å². The highest BCUT2D eigenvalue weighted by Gasteiger charge is 2.09. The Bertz CT molecular complexity index is 721. The number of hydrogen-bond donors (Lipinski definition) is 1. The number of halogens is 1. The summed E-state index contributed by atoms with van der Waals surface area (Å²) in [6.07, 6.45) is 0.950. The lowest BCUT2D eigenvalue weighted by Crippen LogP contribution is -2.11. The van der Waals surface area contributed by atoms with Gasteiger partial charge in [-0.15, -0.1) is 0 Å². The van der Waals surface area contributed by atoms with E-state index in [0.717, 1.165) is 11.8 Å². The number of hydrogen-bond acceptors (Lipinski definition) is 1. The van der Waals surface area contributed by atoms with E-state index in [0.29, 0.717) is 0 Å². The second-order valence-electron chi connectivity index (χ2n) is 4.85. The lowest BCUT2D eigenvalue weighted by molar-refractivity contribution is 0.714. The van der Waals surface area contributed by atoms with Gasteiger partial charge >= 0.3 is 0 Å². The maximum atomic E-state index is 6.29. The molecule has 0 radical (unpaired) electrons. The SMILES string of the molecule is NC(CCBr)c1cccc2cc3ccccc3cc12. The van der Waals surface area contributed by atoms with Gasteiger partial charge in [-0.1, -0.05) is 58.4 Å². The Morgan fingerprint density at radius 2 is 1.58 bits per heavy atom. The van der Waals surface area contributed by atoms with Crippen LogP contribution in [0.3, 0.4) is 0 Å². The standard InChI is InChI=1S/C17H16BrN/c18-9-8-17(19)15-7-3-6-14-10-12-4-1-2-5-13(12)11-16(14)15/h1-7,10-11,17H,8-9,19H2. The minimum absolute atomic E-state index is 0.0873. The molecule has 2 heteroatoms. The second-order valence-corrected chi connectivity index (χ2v) is 5.64. The highest BCUT2D eigenvalue weighted by Crippen LogP contribution is 2.29. The molecule has 1 unspecified atom stereocenters. The van der Waals surface area contributed by atoms with E-state index >= 15 is 0 Å². The van der Waals surface area contributed by atoms with Crippen LogP contribution >= 0.6 is 15.9 Å². The van der Waals surface area contributed by atoms with Crippen molar-refractivity contribution in [1.82, 2.24) is 0 Å². The van der Waals surface area contributed by atoms with Gasteiger partial charge in [0, 0.05) is 11.4 Å². The van der Waals surface area contributed by atoms with Gasteiger partial charge in [-0.2, -0.15) is 0 Å². The maximum Gasteiger partial charge on any atom is 0.0309 e. The third-order valence-electron chi connectivity index (χ3n) is 3.60. The van der Waals surface area contributed by atoms with Gasteiger partial charge in [0.15, 0.2) is 0 Å². The Hall–Kier alpha value is -1.38. The van der Waals surface area contributed by atoms with Crippen LogP contribution in [0.2, 0.25) is 0 Å². The molecule has 3 rings (SSSR count). The molecule has 96 valence electrons. The predicted octanol–water partition coefficient (Wildman–Crippen LogP) is 4.78. The summed E-state index contributed by atoms with van der Waals surface area (Å²) in [5.74, 6) is 0. The van der Waals surface area contributed by atoms with Gasteiger partial charge < -0.3 is 5.73 Å². The van der Waals surface area contributed by atoms with E-state index in [4.69, 9.17) is 5.73 Å². The van der Waals surface area contributed by atoms with Crippen LogP contribution < -0.4 is 5.73 Å². The molecule has 3 aromatic rings. The first-order valence-electron chi connectivity index (χ1n) is 6.52. The summed E-state index contributed by atoms with van der Waals surface area (Å²) in [5.41, 5.74) is 7.52. The molecule has 0 saturated carbocycles. The molecule has 2 N–H and O–H groups in total. The highest BCUT2D eigenvalue weighted by molar-refractivity contribution is 9.09. The van der Waals surface area contributed by atoms with Gasteiger partial charge in [0.1, 0.15) is 0 Å². The van der Waals surface area contributed by atoms with Crippen LogP contribution in [0.25, 0.3) is 21.5 Å². The second kappa shape index (κ2) is 5.32. The predicted molar refractivity (Wildman–Crippen MR) is 86.8 cm³/mol. The first-order chi connectivity index (χ1) is 9.29. The van der Waals surface area contributed by atoms with Crippen molar-refractivity contribution >= 4 is 37.5 Å². The van der Waals surface area contributed by atoms with Crippen molar-refractivity contribution in [3.63, 3.8) is 0 Å². The molecule has 0 aliphatic carbocycles. The van der Waals surface area contributed by atoms with Crippen molar-refractivity contribution in [2.24, 2.45) is 5.73 Å². The van der Waals surface area contributed by atoms with E-state index in [-0.39, 0.29) is 6.04 Å². The van der Waals surface area contributed by atoms with Crippen LogP contribution in [0.15, 0.2) is 54.6 Å². The topological polar surface area (TPSA) is 26.0 Å². The molecule has 1 nitrogen and oxygen atoms in total. The quantitative estimate of drug-likeness (QED) is 0.546. The van der Waals surface area contributed by atoms with E-state index in [2.05, 4.69) is 70.5 Å². The molecule has 0 aliphatic heterocycles. The van der Waals surface area contributed by atoms with Gasteiger partial charge in [-0.25, -0.2) is 0 Å². The van der Waals surface area contributed by atoms with Gasteiger partial charge in [0.05, 0.1) is 0 Å². The Labute approximate surface area is 121 Å². The zero-order valence-electron chi connectivity index (χ0n) is 10.6. The average Bonchev–Trinajstić information content (AvgIpc) is 2.44. The van der Waals surface area contributed by atoms with E-state index in [1.54, 1.807) is 0 Å². The fourth-order valence-corrected chi connectivity index (χ4v) is 3.08. The maximum absolute atomic E-state index is 6.29. The Morgan fingerprint density at radius 1 is 0.895 bits per heavy atom. The minimum atomic E-state index is 0.0873. The van der Waals surface area contributed by atoms with Crippen molar-refractivity contribution in [1.29, 1.82) is 0 Å². The number of alkyl halides is 1. The van der Waals surface area contributed by atoms with Crippen LogP contribution in [0.5, 0.6) is 0 Å². The zero-order chi connectivity index (χ0) is 13.2. The zero-order valence-corrected chi connectivity index (χ0v) is 12.2. The lowest BCUT2D eigenvalue weighted by Gasteiger charge is -2.14. The summed E-state index contributed by atoms with van der Waals surface area (Å²) in [5, 5.41) is 6.02. The largest absolute Gasteiger partial charge is 0.324 e. The Balaban J connectivity index is 2.26. The minimum Gasteiger partial charge on any atom is -0.324 e. The molecule has 0 heterocycles. The summed E-state index contributed by atoms with van der Waals surface area (Å²) in [7, 11) is 0. The Morgan fingerprint density at radius 3 is 2.32 bits per heavy atom. The first-order valence-corrected chi connectivity index (χ1v) is 7.65. The number of fused-ring (bicyclic) bond motifs is 2.